The fourth-order valence-corrected chi connectivity index (χ4v) is 1.12. The predicted molar refractivity (Wildman–Crippen MR) is 46.9 cm³/mol. The van der Waals surface area contributed by atoms with Gasteiger partial charge in [0.05, 0.1) is 0 Å². The van der Waals surface area contributed by atoms with Crippen LogP contribution in [-0.2, 0) is 0 Å². The minimum atomic E-state index is -0.182. The van der Waals surface area contributed by atoms with Gasteiger partial charge in [0.25, 0.3) is 0 Å². The van der Waals surface area contributed by atoms with Crippen molar-refractivity contribution in [3.8, 4) is 0 Å². The Morgan fingerprint density at radius 2 is 1.92 bits per heavy atom. The van der Waals surface area contributed by atoms with E-state index in [-0.39, 0.29) is 12.1 Å². The van der Waals surface area contributed by atoms with Crippen LogP contribution in [0.15, 0.2) is 24.8 Å². The lowest BCUT2D eigenvalue weighted by atomic mass is 10.3. The molecule has 1 fully saturated rings. The summed E-state index contributed by atoms with van der Waals surface area (Å²) in [4.78, 5) is 12.8. The Labute approximate surface area is 71.9 Å². The summed E-state index contributed by atoms with van der Waals surface area (Å²) in [6.07, 6.45) is 0. The number of hydrogen-bond donors (Lipinski definition) is 2. The third-order valence-corrected chi connectivity index (χ3v) is 1.58. The third-order valence-electron chi connectivity index (χ3n) is 1.58. The van der Waals surface area contributed by atoms with E-state index in [2.05, 4.69) is 23.8 Å². The largest absolute Gasteiger partial charge is 0.329 e. The molecule has 1 rings (SSSR count). The van der Waals surface area contributed by atoms with Crippen molar-refractivity contribution in [3.63, 3.8) is 0 Å². The SMILES string of the molecule is C=C1NC(=C)N(C(C)C)C(=O)N1. The molecular formula is C8H13N3O. The number of rotatable bonds is 1. The van der Waals surface area contributed by atoms with Gasteiger partial charge in [0.2, 0.25) is 0 Å². The number of urea groups is 1. The second kappa shape index (κ2) is 2.89. The Balaban J connectivity index is 2.81. The first-order valence-electron chi connectivity index (χ1n) is 3.77. The van der Waals surface area contributed by atoms with Crippen molar-refractivity contribution < 1.29 is 4.79 Å². The van der Waals surface area contributed by atoms with Crippen molar-refractivity contribution in [1.82, 2.24) is 15.5 Å². The van der Waals surface area contributed by atoms with Crippen LogP contribution >= 0.6 is 0 Å². The normalized spacial score (nSPS) is 17.9. The molecule has 0 unspecified atom stereocenters. The molecule has 0 aromatic heterocycles. The molecule has 4 heteroatoms. The summed E-state index contributed by atoms with van der Waals surface area (Å²) in [6, 6.07) is -0.0863. The lowest BCUT2D eigenvalue weighted by Crippen LogP contribution is -2.52. The first kappa shape index (κ1) is 8.64. The highest BCUT2D eigenvalue weighted by atomic mass is 16.2. The Hall–Kier alpha value is -1.45. The lowest BCUT2D eigenvalue weighted by molar-refractivity contribution is 0.192. The van der Waals surface area contributed by atoms with Gasteiger partial charge in [0.1, 0.15) is 11.6 Å². The lowest BCUT2D eigenvalue weighted by Gasteiger charge is -2.34. The smallest absolute Gasteiger partial charge is 0.328 e. The predicted octanol–water partition coefficient (Wildman–Crippen LogP) is 0.952. The second-order valence-corrected chi connectivity index (χ2v) is 2.94. The zero-order valence-electron chi connectivity index (χ0n) is 7.35. The van der Waals surface area contributed by atoms with Gasteiger partial charge in [-0.3, -0.25) is 10.2 Å². The van der Waals surface area contributed by atoms with Crippen LogP contribution in [0, 0.1) is 0 Å². The second-order valence-electron chi connectivity index (χ2n) is 2.94. The standard InChI is InChI=1S/C8H13N3O/c1-5(2)11-7(4)9-6(3)10-8(11)12/h5,9H,3-4H2,1-2H3,(H,10,12). The summed E-state index contributed by atoms with van der Waals surface area (Å²) >= 11 is 0. The van der Waals surface area contributed by atoms with E-state index in [0.717, 1.165) is 0 Å². The monoisotopic (exact) mass is 167 g/mol. The van der Waals surface area contributed by atoms with Gasteiger partial charge in [-0.2, -0.15) is 0 Å². The van der Waals surface area contributed by atoms with Gasteiger partial charge in [-0.15, -0.1) is 0 Å². The molecule has 1 heterocycles. The van der Waals surface area contributed by atoms with E-state index in [1.165, 1.54) is 4.90 Å². The number of nitrogens with zero attached hydrogens (tertiary/aromatic N) is 1. The van der Waals surface area contributed by atoms with Crippen molar-refractivity contribution in [2.45, 2.75) is 19.9 Å². The third kappa shape index (κ3) is 1.42. The summed E-state index contributed by atoms with van der Waals surface area (Å²) < 4.78 is 0. The quantitative estimate of drug-likeness (QED) is 0.610. The fraction of sp³-hybridized carbons (Fsp3) is 0.375. The van der Waals surface area contributed by atoms with Gasteiger partial charge in [-0.05, 0) is 13.8 Å². The average Bonchev–Trinajstić information content (AvgIpc) is 1.82. The van der Waals surface area contributed by atoms with E-state index in [1.807, 2.05) is 13.8 Å². The van der Waals surface area contributed by atoms with Crippen LogP contribution < -0.4 is 10.6 Å². The molecule has 0 aliphatic carbocycles. The summed E-state index contributed by atoms with van der Waals surface area (Å²) in [5, 5.41) is 5.41. The van der Waals surface area contributed by atoms with Crippen LogP contribution in [-0.4, -0.2) is 17.0 Å². The zero-order chi connectivity index (χ0) is 9.30. The van der Waals surface area contributed by atoms with E-state index in [0.29, 0.717) is 11.6 Å². The van der Waals surface area contributed by atoms with Gasteiger partial charge in [-0.25, -0.2) is 4.79 Å². The molecule has 12 heavy (non-hydrogen) atoms. The molecule has 66 valence electrons. The number of nitrogens with one attached hydrogen (secondary N) is 2. The minimum Gasteiger partial charge on any atom is -0.329 e. The Morgan fingerprint density at radius 3 is 2.33 bits per heavy atom. The van der Waals surface area contributed by atoms with Crippen molar-refractivity contribution >= 4 is 6.03 Å². The molecule has 0 spiro atoms. The maximum Gasteiger partial charge on any atom is 0.328 e. The molecule has 0 aromatic rings. The van der Waals surface area contributed by atoms with Crippen molar-refractivity contribution in [1.29, 1.82) is 0 Å². The van der Waals surface area contributed by atoms with Crippen molar-refractivity contribution in [3.05, 3.63) is 24.8 Å². The maximum atomic E-state index is 11.3. The zero-order valence-corrected chi connectivity index (χ0v) is 7.35. The molecule has 1 saturated heterocycles. The van der Waals surface area contributed by atoms with Crippen molar-refractivity contribution in [2.24, 2.45) is 0 Å². The highest BCUT2D eigenvalue weighted by Crippen LogP contribution is 2.10. The van der Waals surface area contributed by atoms with Gasteiger partial charge in [0.15, 0.2) is 0 Å². The molecule has 2 amide bonds. The van der Waals surface area contributed by atoms with Crippen LogP contribution in [0.4, 0.5) is 4.79 Å². The molecule has 2 N–H and O–H groups in total. The van der Waals surface area contributed by atoms with E-state index in [1.54, 1.807) is 0 Å². The van der Waals surface area contributed by atoms with E-state index >= 15 is 0 Å². The molecule has 1 aliphatic rings. The molecule has 4 nitrogen and oxygen atoms in total. The number of carbonyl (C=O) groups excluding carboxylic acids is 1. The minimum absolute atomic E-state index is 0.0955. The molecule has 0 atom stereocenters. The first-order chi connectivity index (χ1) is 5.52. The fourth-order valence-electron chi connectivity index (χ4n) is 1.12. The van der Waals surface area contributed by atoms with Crippen molar-refractivity contribution in [2.75, 3.05) is 0 Å². The van der Waals surface area contributed by atoms with Gasteiger partial charge in [0, 0.05) is 6.04 Å². The molecular weight excluding hydrogens is 154 g/mol. The van der Waals surface area contributed by atoms with E-state index < -0.39 is 0 Å². The average molecular weight is 167 g/mol. The summed E-state index contributed by atoms with van der Waals surface area (Å²) in [7, 11) is 0. The summed E-state index contributed by atoms with van der Waals surface area (Å²) in [5.74, 6) is 1.04. The molecule has 1 aliphatic heterocycles. The molecule has 0 bridgehead atoms. The van der Waals surface area contributed by atoms with E-state index in [4.69, 9.17) is 0 Å². The summed E-state index contributed by atoms with van der Waals surface area (Å²) in [5.41, 5.74) is 0. The highest BCUT2D eigenvalue weighted by Gasteiger charge is 2.24. The van der Waals surface area contributed by atoms with Gasteiger partial charge >= 0.3 is 6.03 Å². The van der Waals surface area contributed by atoms with Crippen LogP contribution in [0.25, 0.3) is 0 Å². The highest BCUT2D eigenvalue weighted by molar-refractivity contribution is 5.79. The first-order valence-corrected chi connectivity index (χ1v) is 3.77. The van der Waals surface area contributed by atoms with Crippen LogP contribution in [0.1, 0.15) is 13.8 Å². The Morgan fingerprint density at radius 1 is 1.33 bits per heavy atom. The van der Waals surface area contributed by atoms with Gasteiger partial charge in [-0.1, -0.05) is 13.2 Å². The van der Waals surface area contributed by atoms with Crippen LogP contribution in [0.3, 0.4) is 0 Å². The number of hydrogen-bond acceptors (Lipinski definition) is 2. The van der Waals surface area contributed by atoms with Gasteiger partial charge < -0.3 is 5.32 Å². The topological polar surface area (TPSA) is 44.4 Å². The molecule has 0 saturated carbocycles. The Bertz CT molecular complexity index is 225. The number of amides is 2. The summed E-state index contributed by atoms with van der Waals surface area (Å²) in [6.45, 7) is 11.1. The molecule has 0 radical (unpaired) electrons. The molecule has 0 aromatic carbocycles. The maximum absolute atomic E-state index is 11.3. The van der Waals surface area contributed by atoms with E-state index in [9.17, 15) is 4.79 Å². The Kier molecular flexibility index (Phi) is 2.08. The van der Waals surface area contributed by atoms with Crippen LogP contribution in [0.2, 0.25) is 0 Å². The number of carbonyl (C=O) groups is 1. The van der Waals surface area contributed by atoms with Crippen LogP contribution in [0.5, 0.6) is 0 Å².